The largest absolute Gasteiger partial charge is 0.381 e. The highest BCUT2D eigenvalue weighted by atomic mass is 16.5. The SMILES string of the molecule is c1cc2cnc(NC3CCOCC3)cc2[nH]1. The molecule has 0 bridgehead atoms. The van der Waals surface area contributed by atoms with Crippen LogP contribution < -0.4 is 5.32 Å². The Bertz CT molecular complexity index is 474. The Morgan fingerprint density at radius 2 is 2.25 bits per heavy atom. The Morgan fingerprint density at radius 1 is 1.38 bits per heavy atom. The molecule has 0 unspecified atom stereocenters. The minimum atomic E-state index is 0.494. The number of nitrogens with zero attached hydrogens (tertiary/aromatic N) is 1. The maximum absolute atomic E-state index is 5.33. The molecule has 16 heavy (non-hydrogen) atoms. The molecule has 3 heterocycles. The molecule has 2 N–H and O–H groups in total. The van der Waals surface area contributed by atoms with Gasteiger partial charge in [0.1, 0.15) is 5.82 Å². The number of fused-ring (bicyclic) bond motifs is 1. The molecule has 4 heteroatoms. The van der Waals surface area contributed by atoms with Crippen molar-refractivity contribution in [1.29, 1.82) is 0 Å². The summed E-state index contributed by atoms with van der Waals surface area (Å²) >= 11 is 0. The average molecular weight is 217 g/mol. The number of hydrogen-bond acceptors (Lipinski definition) is 3. The van der Waals surface area contributed by atoms with Crippen LogP contribution in [0.25, 0.3) is 10.9 Å². The first-order valence-corrected chi connectivity index (χ1v) is 5.69. The van der Waals surface area contributed by atoms with Crippen LogP contribution in [-0.4, -0.2) is 29.2 Å². The van der Waals surface area contributed by atoms with Crippen molar-refractivity contribution in [3.05, 3.63) is 24.5 Å². The van der Waals surface area contributed by atoms with Crippen LogP contribution in [0.15, 0.2) is 24.5 Å². The van der Waals surface area contributed by atoms with E-state index in [1.54, 1.807) is 0 Å². The molecule has 4 nitrogen and oxygen atoms in total. The molecular weight excluding hydrogens is 202 g/mol. The van der Waals surface area contributed by atoms with Crippen molar-refractivity contribution in [3.63, 3.8) is 0 Å². The highest BCUT2D eigenvalue weighted by Gasteiger charge is 2.13. The van der Waals surface area contributed by atoms with Crippen molar-refractivity contribution in [3.8, 4) is 0 Å². The molecule has 0 spiro atoms. The maximum Gasteiger partial charge on any atom is 0.128 e. The van der Waals surface area contributed by atoms with Crippen LogP contribution in [0.1, 0.15) is 12.8 Å². The third kappa shape index (κ3) is 1.88. The molecule has 0 saturated carbocycles. The van der Waals surface area contributed by atoms with E-state index in [9.17, 15) is 0 Å². The molecule has 0 amide bonds. The van der Waals surface area contributed by atoms with Crippen LogP contribution in [0.2, 0.25) is 0 Å². The lowest BCUT2D eigenvalue weighted by atomic mass is 10.1. The van der Waals surface area contributed by atoms with E-state index >= 15 is 0 Å². The van der Waals surface area contributed by atoms with E-state index < -0.39 is 0 Å². The molecule has 3 rings (SSSR count). The summed E-state index contributed by atoms with van der Waals surface area (Å²) in [5.41, 5.74) is 1.13. The Kier molecular flexibility index (Phi) is 2.50. The fraction of sp³-hybridized carbons (Fsp3) is 0.417. The molecule has 84 valence electrons. The van der Waals surface area contributed by atoms with Crippen molar-refractivity contribution in [2.75, 3.05) is 18.5 Å². The Hall–Kier alpha value is -1.55. The Labute approximate surface area is 94.0 Å². The lowest BCUT2D eigenvalue weighted by Gasteiger charge is -2.23. The minimum absolute atomic E-state index is 0.494. The van der Waals surface area contributed by atoms with Gasteiger partial charge in [-0.15, -0.1) is 0 Å². The van der Waals surface area contributed by atoms with Gasteiger partial charge in [0, 0.05) is 43.1 Å². The van der Waals surface area contributed by atoms with E-state index in [2.05, 4.69) is 21.4 Å². The molecule has 1 aliphatic rings. The van der Waals surface area contributed by atoms with Crippen LogP contribution >= 0.6 is 0 Å². The van der Waals surface area contributed by atoms with Crippen LogP contribution in [0, 0.1) is 0 Å². The summed E-state index contributed by atoms with van der Waals surface area (Å²) in [5, 5.41) is 4.60. The quantitative estimate of drug-likeness (QED) is 0.810. The number of nitrogens with one attached hydrogen (secondary N) is 2. The van der Waals surface area contributed by atoms with Gasteiger partial charge in [0.15, 0.2) is 0 Å². The smallest absolute Gasteiger partial charge is 0.128 e. The van der Waals surface area contributed by atoms with E-state index in [1.165, 1.54) is 0 Å². The van der Waals surface area contributed by atoms with Crippen molar-refractivity contribution in [2.45, 2.75) is 18.9 Å². The van der Waals surface area contributed by atoms with Gasteiger partial charge in [0.2, 0.25) is 0 Å². The van der Waals surface area contributed by atoms with Crippen molar-refractivity contribution in [2.24, 2.45) is 0 Å². The predicted molar refractivity (Wildman–Crippen MR) is 63.6 cm³/mol. The lowest BCUT2D eigenvalue weighted by Crippen LogP contribution is -2.28. The Morgan fingerprint density at radius 3 is 3.12 bits per heavy atom. The molecule has 1 saturated heterocycles. The average Bonchev–Trinajstić information content (AvgIpc) is 2.77. The summed E-state index contributed by atoms with van der Waals surface area (Å²) in [4.78, 5) is 7.59. The van der Waals surface area contributed by atoms with Crippen LogP contribution in [-0.2, 0) is 4.74 Å². The second-order valence-electron chi connectivity index (χ2n) is 4.17. The number of rotatable bonds is 2. The van der Waals surface area contributed by atoms with Gasteiger partial charge < -0.3 is 15.0 Å². The highest BCUT2D eigenvalue weighted by molar-refractivity contribution is 5.80. The highest BCUT2D eigenvalue weighted by Crippen LogP contribution is 2.17. The van der Waals surface area contributed by atoms with Crippen LogP contribution in [0.5, 0.6) is 0 Å². The zero-order valence-electron chi connectivity index (χ0n) is 9.07. The van der Waals surface area contributed by atoms with Crippen molar-refractivity contribution in [1.82, 2.24) is 9.97 Å². The topological polar surface area (TPSA) is 49.9 Å². The second kappa shape index (κ2) is 4.14. The summed E-state index contributed by atoms with van der Waals surface area (Å²) in [7, 11) is 0. The fourth-order valence-electron chi connectivity index (χ4n) is 2.07. The van der Waals surface area contributed by atoms with Gasteiger partial charge in [-0.3, -0.25) is 0 Å². The molecule has 2 aromatic rings. The monoisotopic (exact) mass is 217 g/mol. The summed E-state index contributed by atoms with van der Waals surface area (Å²) < 4.78 is 5.33. The number of aromatic nitrogens is 2. The standard InChI is InChI=1S/C12H15N3O/c1-4-13-11-7-12(14-8-9(1)11)15-10-2-5-16-6-3-10/h1,4,7-8,10,13H,2-3,5-6H2,(H,14,15). The third-order valence-electron chi connectivity index (χ3n) is 3.01. The number of aromatic amines is 1. The van der Waals surface area contributed by atoms with Gasteiger partial charge in [-0.2, -0.15) is 0 Å². The van der Waals surface area contributed by atoms with Crippen LogP contribution in [0.3, 0.4) is 0 Å². The third-order valence-corrected chi connectivity index (χ3v) is 3.01. The molecule has 1 fully saturated rings. The van der Waals surface area contributed by atoms with E-state index in [-0.39, 0.29) is 0 Å². The Balaban J connectivity index is 1.77. The number of ether oxygens (including phenoxy) is 1. The number of pyridine rings is 1. The van der Waals surface area contributed by atoms with Gasteiger partial charge in [-0.1, -0.05) is 0 Å². The number of hydrogen-bond donors (Lipinski definition) is 2. The first kappa shape index (κ1) is 9.66. The van der Waals surface area contributed by atoms with Gasteiger partial charge in [-0.05, 0) is 18.9 Å². The molecule has 0 aromatic carbocycles. The summed E-state index contributed by atoms with van der Waals surface area (Å²) in [6.45, 7) is 1.70. The fourth-order valence-corrected chi connectivity index (χ4v) is 2.07. The molecular formula is C12H15N3O. The van der Waals surface area contributed by atoms with Crippen LogP contribution in [0.4, 0.5) is 5.82 Å². The zero-order valence-corrected chi connectivity index (χ0v) is 9.07. The molecule has 0 aliphatic carbocycles. The second-order valence-corrected chi connectivity index (χ2v) is 4.17. The number of H-pyrrole nitrogens is 1. The molecule has 0 atom stereocenters. The summed E-state index contributed by atoms with van der Waals surface area (Å²) in [6.07, 6.45) is 5.95. The molecule has 2 aromatic heterocycles. The van der Waals surface area contributed by atoms with Gasteiger partial charge in [-0.25, -0.2) is 4.98 Å². The van der Waals surface area contributed by atoms with E-state index in [0.717, 1.165) is 42.8 Å². The van der Waals surface area contributed by atoms with Crippen molar-refractivity contribution < 1.29 is 4.74 Å². The van der Waals surface area contributed by atoms with Gasteiger partial charge in [0.25, 0.3) is 0 Å². The first-order valence-electron chi connectivity index (χ1n) is 5.69. The normalized spacial score (nSPS) is 17.8. The predicted octanol–water partition coefficient (Wildman–Crippen LogP) is 2.15. The van der Waals surface area contributed by atoms with E-state index in [1.807, 2.05) is 18.5 Å². The van der Waals surface area contributed by atoms with Gasteiger partial charge in [0.05, 0.1) is 5.52 Å². The minimum Gasteiger partial charge on any atom is -0.381 e. The molecule has 1 aliphatic heterocycles. The summed E-state index contributed by atoms with van der Waals surface area (Å²) in [6, 6.07) is 4.58. The molecule has 0 radical (unpaired) electrons. The zero-order chi connectivity index (χ0) is 10.8. The summed E-state index contributed by atoms with van der Waals surface area (Å²) in [5.74, 6) is 0.946. The van der Waals surface area contributed by atoms with E-state index in [4.69, 9.17) is 4.74 Å². The number of anilines is 1. The maximum atomic E-state index is 5.33. The first-order chi connectivity index (χ1) is 7.92. The lowest BCUT2D eigenvalue weighted by molar-refractivity contribution is 0.0904. The van der Waals surface area contributed by atoms with E-state index in [0.29, 0.717) is 6.04 Å². The van der Waals surface area contributed by atoms with Gasteiger partial charge >= 0.3 is 0 Å². The van der Waals surface area contributed by atoms with Crippen molar-refractivity contribution >= 4 is 16.7 Å².